The maximum atomic E-state index is 13.3. The van der Waals surface area contributed by atoms with Crippen molar-refractivity contribution in [2.75, 3.05) is 18.5 Å². The molecule has 3 rings (SSSR count). The van der Waals surface area contributed by atoms with Gasteiger partial charge in [0.05, 0.1) is 17.4 Å². The van der Waals surface area contributed by atoms with Gasteiger partial charge in [-0.05, 0) is 43.2 Å². The van der Waals surface area contributed by atoms with Crippen molar-refractivity contribution in [2.24, 2.45) is 0 Å². The summed E-state index contributed by atoms with van der Waals surface area (Å²) in [6.07, 6.45) is 1.87. The largest absolute Gasteiger partial charge is 0.376 e. The molecule has 1 fully saturated rings. The van der Waals surface area contributed by atoms with E-state index in [0.29, 0.717) is 13.2 Å². The van der Waals surface area contributed by atoms with Gasteiger partial charge < -0.3 is 15.4 Å². The Morgan fingerprint density at radius 3 is 2.62 bits per heavy atom. The number of hydrogen-bond acceptors (Lipinski definition) is 3. The molecule has 0 radical (unpaired) electrons. The molecule has 2 amide bonds. The van der Waals surface area contributed by atoms with Crippen molar-refractivity contribution in [2.45, 2.75) is 18.9 Å². The van der Waals surface area contributed by atoms with Gasteiger partial charge in [0.25, 0.3) is 11.8 Å². The van der Waals surface area contributed by atoms with Gasteiger partial charge in [0.15, 0.2) is 11.6 Å². The number of para-hydroxylation sites is 1. The fraction of sp³-hybridized carbons (Fsp3) is 0.263. The summed E-state index contributed by atoms with van der Waals surface area (Å²) in [6.45, 7) is 1.09. The maximum Gasteiger partial charge on any atom is 0.255 e. The Kier molecular flexibility index (Phi) is 5.58. The lowest BCUT2D eigenvalue weighted by atomic mass is 10.1. The van der Waals surface area contributed by atoms with Gasteiger partial charge in [-0.25, -0.2) is 8.78 Å². The van der Waals surface area contributed by atoms with Gasteiger partial charge in [-0.2, -0.15) is 0 Å². The second kappa shape index (κ2) is 8.05. The Bertz CT molecular complexity index is 820. The molecule has 26 heavy (non-hydrogen) atoms. The molecule has 1 heterocycles. The number of carbonyl (C=O) groups excluding carboxylic acids is 2. The van der Waals surface area contributed by atoms with Crippen LogP contribution in [0.5, 0.6) is 0 Å². The number of rotatable bonds is 5. The minimum atomic E-state index is -1.11. The Morgan fingerprint density at radius 2 is 1.88 bits per heavy atom. The topological polar surface area (TPSA) is 67.4 Å². The molecular formula is C19H18F2N2O3. The predicted octanol–water partition coefficient (Wildman–Crippen LogP) is 3.13. The van der Waals surface area contributed by atoms with Gasteiger partial charge in [-0.3, -0.25) is 9.59 Å². The van der Waals surface area contributed by atoms with Crippen LogP contribution in [0.2, 0.25) is 0 Å². The van der Waals surface area contributed by atoms with Crippen molar-refractivity contribution in [1.29, 1.82) is 0 Å². The number of ether oxygens (including phenoxy) is 1. The van der Waals surface area contributed by atoms with Crippen molar-refractivity contribution >= 4 is 17.5 Å². The van der Waals surface area contributed by atoms with Crippen LogP contribution >= 0.6 is 0 Å². The van der Waals surface area contributed by atoms with Gasteiger partial charge in [-0.1, -0.05) is 12.1 Å². The molecule has 1 saturated heterocycles. The number of hydrogen-bond donors (Lipinski definition) is 2. The molecule has 5 nitrogen and oxygen atoms in total. The molecule has 0 spiro atoms. The molecule has 136 valence electrons. The number of benzene rings is 2. The Hall–Kier alpha value is -2.80. The van der Waals surface area contributed by atoms with Crippen LogP contribution in [0.3, 0.4) is 0 Å². The minimum Gasteiger partial charge on any atom is -0.376 e. The summed E-state index contributed by atoms with van der Waals surface area (Å²) in [7, 11) is 0. The summed E-state index contributed by atoms with van der Waals surface area (Å²) in [6, 6.07) is 9.35. The second-order valence-corrected chi connectivity index (χ2v) is 5.97. The molecule has 0 aliphatic carbocycles. The molecule has 2 N–H and O–H groups in total. The number of anilines is 1. The lowest BCUT2D eigenvalue weighted by Gasteiger charge is -2.14. The summed E-state index contributed by atoms with van der Waals surface area (Å²) in [5, 5.41) is 5.35. The fourth-order valence-electron chi connectivity index (χ4n) is 2.73. The molecular weight excluding hydrogens is 342 g/mol. The number of carbonyl (C=O) groups is 2. The molecule has 1 aliphatic heterocycles. The molecule has 0 aromatic heterocycles. The zero-order valence-corrected chi connectivity index (χ0v) is 13.9. The Balaban J connectivity index is 1.70. The summed E-state index contributed by atoms with van der Waals surface area (Å²) in [4.78, 5) is 24.7. The van der Waals surface area contributed by atoms with E-state index in [1.165, 1.54) is 6.07 Å². The monoisotopic (exact) mass is 360 g/mol. The van der Waals surface area contributed by atoms with E-state index in [1.807, 2.05) is 0 Å². The first-order valence-electron chi connectivity index (χ1n) is 8.30. The van der Waals surface area contributed by atoms with Crippen LogP contribution < -0.4 is 10.6 Å². The highest BCUT2D eigenvalue weighted by Gasteiger charge is 2.19. The van der Waals surface area contributed by atoms with Gasteiger partial charge >= 0.3 is 0 Å². The summed E-state index contributed by atoms with van der Waals surface area (Å²) in [5.74, 6) is -3.12. The normalized spacial score (nSPS) is 16.3. The van der Waals surface area contributed by atoms with Gasteiger partial charge in [0, 0.05) is 18.7 Å². The molecule has 2 aromatic carbocycles. The quantitative estimate of drug-likeness (QED) is 0.861. The summed E-state index contributed by atoms with van der Waals surface area (Å²) >= 11 is 0. The standard InChI is InChI=1S/C19H18F2N2O3/c20-15-8-7-12(10-16(15)21)18(24)23-17-6-2-1-5-14(17)19(25)22-11-13-4-3-9-26-13/h1-2,5-8,10,13H,3-4,9,11H2,(H,22,25)(H,23,24). The van der Waals surface area contributed by atoms with Crippen molar-refractivity contribution < 1.29 is 23.1 Å². The van der Waals surface area contributed by atoms with E-state index in [1.54, 1.807) is 24.3 Å². The highest BCUT2D eigenvalue weighted by molar-refractivity contribution is 6.09. The van der Waals surface area contributed by atoms with Gasteiger partial charge in [-0.15, -0.1) is 0 Å². The highest BCUT2D eigenvalue weighted by atomic mass is 19.2. The van der Waals surface area contributed by atoms with Crippen molar-refractivity contribution in [3.05, 3.63) is 65.2 Å². The van der Waals surface area contributed by atoms with Crippen molar-refractivity contribution in [3.63, 3.8) is 0 Å². The highest BCUT2D eigenvalue weighted by Crippen LogP contribution is 2.18. The Labute approximate surface area is 149 Å². The predicted molar refractivity (Wildman–Crippen MR) is 92.1 cm³/mol. The lowest BCUT2D eigenvalue weighted by molar-refractivity contribution is 0.0858. The van der Waals surface area contributed by atoms with Crippen LogP contribution in [-0.4, -0.2) is 31.1 Å². The third-order valence-electron chi connectivity index (χ3n) is 4.12. The van der Waals surface area contributed by atoms with Crippen molar-refractivity contribution in [1.82, 2.24) is 5.32 Å². The van der Waals surface area contributed by atoms with E-state index in [-0.39, 0.29) is 28.8 Å². The maximum absolute atomic E-state index is 13.3. The zero-order valence-electron chi connectivity index (χ0n) is 13.9. The van der Waals surface area contributed by atoms with Gasteiger partial charge in [0.2, 0.25) is 0 Å². The van der Waals surface area contributed by atoms with E-state index < -0.39 is 17.5 Å². The third kappa shape index (κ3) is 4.23. The number of amides is 2. The smallest absolute Gasteiger partial charge is 0.255 e. The molecule has 2 aromatic rings. The first-order valence-corrected chi connectivity index (χ1v) is 8.30. The number of nitrogens with one attached hydrogen (secondary N) is 2. The molecule has 1 atom stereocenters. The van der Waals surface area contributed by atoms with E-state index in [2.05, 4.69) is 10.6 Å². The van der Waals surface area contributed by atoms with E-state index in [0.717, 1.165) is 25.0 Å². The summed E-state index contributed by atoms with van der Waals surface area (Å²) < 4.78 is 31.8. The average Bonchev–Trinajstić information content (AvgIpc) is 3.16. The first kappa shape index (κ1) is 18.0. The second-order valence-electron chi connectivity index (χ2n) is 5.97. The van der Waals surface area contributed by atoms with Crippen LogP contribution in [0.4, 0.5) is 14.5 Å². The van der Waals surface area contributed by atoms with Crippen LogP contribution in [-0.2, 0) is 4.74 Å². The summed E-state index contributed by atoms with van der Waals surface area (Å²) in [5.41, 5.74) is 0.520. The molecule has 1 aliphatic rings. The first-order chi connectivity index (χ1) is 12.5. The molecule has 1 unspecified atom stereocenters. The van der Waals surface area contributed by atoms with Crippen molar-refractivity contribution in [3.8, 4) is 0 Å². The Morgan fingerprint density at radius 1 is 1.08 bits per heavy atom. The lowest BCUT2D eigenvalue weighted by Crippen LogP contribution is -2.32. The van der Waals surface area contributed by atoms with Gasteiger partial charge in [0.1, 0.15) is 0 Å². The van der Waals surface area contributed by atoms with Crippen LogP contribution in [0.1, 0.15) is 33.6 Å². The van der Waals surface area contributed by atoms with Crippen LogP contribution in [0.15, 0.2) is 42.5 Å². The molecule has 0 saturated carbocycles. The molecule has 0 bridgehead atoms. The minimum absolute atomic E-state index is 0.00268. The van der Waals surface area contributed by atoms with Crippen LogP contribution in [0.25, 0.3) is 0 Å². The number of halogens is 2. The fourth-order valence-corrected chi connectivity index (χ4v) is 2.73. The third-order valence-corrected chi connectivity index (χ3v) is 4.12. The van der Waals surface area contributed by atoms with Crippen LogP contribution in [0, 0.1) is 11.6 Å². The van der Waals surface area contributed by atoms with E-state index >= 15 is 0 Å². The molecule has 7 heteroatoms. The van der Waals surface area contributed by atoms with E-state index in [4.69, 9.17) is 4.74 Å². The SMILES string of the molecule is O=C(Nc1ccccc1C(=O)NCC1CCCO1)c1ccc(F)c(F)c1. The van der Waals surface area contributed by atoms with E-state index in [9.17, 15) is 18.4 Å². The average molecular weight is 360 g/mol. The zero-order chi connectivity index (χ0) is 18.5.